The summed E-state index contributed by atoms with van der Waals surface area (Å²) in [6.45, 7) is 4.25. The number of aliphatic hydroxyl groups excluding tert-OH is 1. The number of rotatable bonds is 5. The first-order valence-electron chi connectivity index (χ1n) is 6.34. The van der Waals surface area contributed by atoms with E-state index in [4.69, 9.17) is 5.11 Å². The van der Waals surface area contributed by atoms with E-state index in [0.717, 1.165) is 10.6 Å². The van der Waals surface area contributed by atoms with Crippen molar-refractivity contribution in [1.29, 1.82) is 0 Å². The van der Waals surface area contributed by atoms with Crippen LogP contribution in [0.5, 0.6) is 0 Å². The van der Waals surface area contributed by atoms with E-state index in [1.165, 1.54) is 11.8 Å². The summed E-state index contributed by atoms with van der Waals surface area (Å²) in [6, 6.07) is 0. The fraction of sp³-hybridized carbons (Fsp3) is 0.583. The van der Waals surface area contributed by atoms with Gasteiger partial charge in [-0.2, -0.15) is 0 Å². The zero-order valence-electron chi connectivity index (χ0n) is 11.3. The van der Waals surface area contributed by atoms with Crippen molar-refractivity contribution in [3.8, 4) is 0 Å². The molecule has 1 aliphatic heterocycles. The highest BCUT2D eigenvalue weighted by Crippen LogP contribution is 2.42. The number of carbonyl (C=O) groups excluding carboxylic acids is 1. The Kier molecular flexibility index (Phi) is 5.11. The Bertz CT molecular complexity index is 561. The van der Waals surface area contributed by atoms with E-state index >= 15 is 0 Å². The lowest BCUT2D eigenvalue weighted by Crippen LogP contribution is -2.28. The van der Waals surface area contributed by atoms with Crippen LogP contribution in [0.25, 0.3) is 0 Å². The summed E-state index contributed by atoms with van der Waals surface area (Å²) in [5.74, 6) is 0.164. The molecule has 0 saturated carbocycles. The van der Waals surface area contributed by atoms with Crippen LogP contribution in [0.3, 0.4) is 0 Å². The van der Waals surface area contributed by atoms with Gasteiger partial charge in [0.2, 0.25) is 5.91 Å². The fourth-order valence-electron chi connectivity index (χ4n) is 1.89. The second kappa shape index (κ2) is 6.64. The molecular weight excluding hydrogens is 298 g/mol. The van der Waals surface area contributed by atoms with E-state index in [1.807, 2.05) is 6.92 Å². The Morgan fingerprint density at radius 2 is 2.30 bits per heavy atom. The standard InChI is InChI=1S/C12H17N3O3S2/c1-6-7(2)20-11-9(6)10(18)14-12(15-11)19-5-8(17)13-3-4-16/h6-7,16H,3-5H2,1-2H3,(H,13,17)(H,14,15,18). The molecular formula is C12H17N3O3S2. The van der Waals surface area contributed by atoms with Crippen LogP contribution in [-0.4, -0.2) is 45.1 Å². The van der Waals surface area contributed by atoms with Crippen molar-refractivity contribution >= 4 is 29.4 Å². The smallest absolute Gasteiger partial charge is 0.256 e. The Hall–Kier alpha value is -0.990. The van der Waals surface area contributed by atoms with Gasteiger partial charge in [0.15, 0.2) is 5.16 Å². The van der Waals surface area contributed by atoms with E-state index in [-0.39, 0.29) is 36.3 Å². The highest BCUT2D eigenvalue weighted by atomic mass is 32.2. The molecule has 0 saturated heterocycles. The lowest BCUT2D eigenvalue weighted by Gasteiger charge is -2.06. The van der Waals surface area contributed by atoms with E-state index in [1.54, 1.807) is 11.8 Å². The van der Waals surface area contributed by atoms with E-state index in [2.05, 4.69) is 22.2 Å². The van der Waals surface area contributed by atoms with Gasteiger partial charge in [-0.25, -0.2) is 4.98 Å². The van der Waals surface area contributed by atoms with Gasteiger partial charge in [-0.3, -0.25) is 9.59 Å². The minimum absolute atomic E-state index is 0.0866. The normalized spacial score (nSPS) is 20.8. The molecule has 3 N–H and O–H groups in total. The number of aromatic nitrogens is 2. The minimum Gasteiger partial charge on any atom is -0.395 e. The number of hydrogen-bond acceptors (Lipinski definition) is 6. The van der Waals surface area contributed by atoms with Gasteiger partial charge in [0.05, 0.1) is 17.9 Å². The molecule has 0 aliphatic carbocycles. The van der Waals surface area contributed by atoms with Gasteiger partial charge < -0.3 is 15.4 Å². The Labute approximate surface area is 125 Å². The first-order valence-corrected chi connectivity index (χ1v) is 8.20. The zero-order valence-corrected chi connectivity index (χ0v) is 12.9. The number of thioether (sulfide) groups is 2. The van der Waals surface area contributed by atoms with Crippen LogP contribution in [0.15, 0.2) is 15.0 Å². The maximum absolute atomic E-state index is 12.0. The predicted octanol–water partition coefficient (Wildman–Crippen LogP) is 0.568. The molecule has 1 amide bonds. The SMILES string of the molecule is CC1Sc2nc(SCC(=O)NCCO)[nH]c(=O)c2C1C. The molecule has 20 heavy (non-hydrogen) atoms. The number of carbonyl (C=O) groups is 1. The topological polar surface area (TPSA) is 95.1 Å². The minimum atomic E-state index is -0.193. The summed E-state index contributed by atoms with van der Waals surface area (Å²) in [7, 11) is 0. The van der Waals surface area contributed by atoms with E-state index < -0.39 is 0 Å². The molecule has 6 nitrogen and oxygen atoms in total. The summed E-state index contributed by atoms with van der Waals surface area (Å²) >= 11 is 2.79. The number of nitrogens with one attached hydrogen (secondary N) is 2. The Morgan fingerprint density at radius 1 is 1.55 bits per heavy atom. The second-order valence-corrected chi connectivity index (χ2v) is 6.89. The Morgan fingerprint density at radius 3 is 3.00 bits per heavy atom. The molecule has 1 aliphatic rings. The number of H-pyrrole nitrogens is 1. The molecule has 0 fully saturated rings. The second-order valence-electron chi connectivity index (χ2n) is 4.56. The molecule has 2 rings (SSSR count). The van der Waals surface area contributed by atoms with Crippen LogP contribution in [0.1, 0.15) is 25.3 Å². The van der Waals surface area contributed by atoms with Crippen LogP contribution >= 0.6 is 23.5 Å². The first-order chi connectivity index (χ1) is 9.52. The van der Waals surface area contributed by atoms with Crippen molar-refractivity contribution < 1.29 is 9.90 Å². The van der Waals surface area contributed by atoms with Gasteiger partial charge >= 0.3 is 0 Å². The van der Waals surface area contributed by atoms with Crippen molar-refractivity contribution in [1.82, 2.24) is 15.3 Å². The summed E-state index contributed by atoms with van der Waals surface area (Å²) in [5, 5.41) is 12.7. The number of amides is 1. The third-order valence-electron chi connectivity index (χ3n) is 3.13. The molecule has 2 atom stereocenters. The fourth-order valence-corrected chi connectivity index (χ4v) is 3.89. The molecule has 2 heterocycles. The molecule has 0 radical (unpaired) electrons. The monoisotopic (exact) mass is 315 g/mol. The van der Waals surface area contributed by atoms with Gasteiger partial charge in [0.1, 0.15) is 5.03 Å². The third-order valence-corrected chi connectivity index (χ3v) is 5.32. The molecule has 2 unspecified atom stereocenters. The van der Waals surface area contributed by atoms with E-state index in [9.17, 15) is 9.59 Å². The predicted molar refractivity (Wildman–Crippen MR) is 79.4 cm³/mol. The molecule has 110 valence electrons. The highest BCUT2D eigenvalue weighted by molar-refractivity contribution is 8.00. The average Bonchev–Trinajstić information content (AvgIpc) is 2.69. The maximum Gasteiger partial charge on any atom is 0.256 e. The van der Waals surface area contributed by atoms with Crippen LogP contribution in [0.2, 0.25) is 0 Å². The van der Waals surface area contributed by atoms with Gasteiger partial charge in [0, 0.05) is 17.7 Å². The lowest BCUT2D eigenvalue weighted by atomic mass is 10.0. The third kappa shape index (κ3) is 3.36. The number of hydrogen-bond donors (Lipinski definition) is 3. The summed E-state index contributed by atoms with van der Waals surface area (Å²) in [6.07, 6.45) is 0. The Balaban J connectivity index is 2.05. The van der Waals surface area contributed by atoms with Crippen molar-refractivity contribution in [3.05, 3.63) is 15.9 Å². The van der Waals surface area contributed by atoms with Crippen LogP contribution < -0.4 is 10.9 Å². The molecule has 0 aromatic carbocycles. The quantitative estimate of drug-likeness (QED) is 0.418. The summed E-state index contributed by atoms with van der Waals surface area (Å²) in [5.41, 5.74) is 0.634. The molecule has 8 heteroatoms. The van der Waals surface area contributed by atoms with Crippen molar-refractivity contribution in [2.24, 2.45) is 0 Å². The number of aromatic amines is 1. The number of aliphatic hydroxyl groups is 1. The molecule has 0 spiro atoms. The molecule has 0 bridgehead atoms. The average molecular weight is 315 g/mol. The first kappa shape index (κ1) is 15.4. The highest BCUT2D eigenvalue weighted by Gasteiger charge is 2.31. The van der Waals surface area contributed by atoms with E-state index in [0.29, 0.717) is 10.4 Å². The zero-order chi connectivity index (χ0) is 14.7. The number of fused-ring (bicyclic) bond motifs is 1. The van der Waals surface area contributed by atoms with Gasteiger partial charge in [-0.15, -0.1) is 11.8 Å². The van der Waals surface area contributed by atoms with Crippen LogP contribution in [0, 0.1) is 0 Å². The summed E-state index contributed by atoms with van der Waals surface area (Å²) in [4.78, 5) is 30.6. The largest absolute Gasteiger partial charge is 0.395 e. The van der Waals surface area contributed by atoms with Crippen LogP contribution in [-0.2, 0) is 4.79 Å². The van der Waals surface area contributed by atoms with Crippen molar-refractivity contribution in [2.75, 3.05) is 18.9 Å². The van der Waals surface area contributed by atoms with Crippen molar-refractivity contribution in [2.45, 2.75) is 35.2 Å². The molecule has 1 aromatic rings. The van der Waals surface area contributed by atoms with Gasteiger partial charge in [-0.05, 0) is 0 Å². The maximum atomic E-state index is 12.0. The molecule has 1 aromatic heterocycles. The van der Waals surface area contributed by atoms with Crippen LogP contribution in [0.4, 0.5) is 0 Å². The van der Waals surface area contributed by atoms with Crippen molar-refractivity contribution in [3.63, 3.8) is 0 Å². The van der Waals surface area contributed by atoms with Gasteiger partial charge in [0.25, 0.3) is 5.56 Å². The van der Waals surface area contributed by atoms with Gasteiger partial charge in [-0.1, -0.05) is 25.6 Å². The number of nitrogens with zero attached hydrogens (tertiary/aromatic N) is 1. The summed E-state index contributed by atoms with van der Waals surface area (Å²) < 4.78 is 0. The lowest BCUT2D eigenvalue weighted by molar-refractivity contribution is -0.118.